The third-order valence-electron chi connectivity index (χ3n) is 2.61. The average molecular weight is 255 g/mol. The Labute approximate surface area is 107 Å². The minimum absolute atomic E-state index is 0.452. The first-order valence-electron chi connectivity index (χ1n) is 5.97. The maximum atomic E-state index is 13.5. The Hall–Kier alpha value is -1.26. The Balaban J connectivity index is 2.45. The predicted octanol–water partition coefficient (Wildman–Crippen LogP) is 2.99. The second kappa shape index (κ2) is 7.95. The highest BCUT2D eigenvalue weighted by atomic mass is 19.1. The van der Waals surface area contributed by atoms with Crippen LogP contribution in [0, 0.1) is 11.6 Å². The highest BCUT2D eigenvalue weighted by molar-refractivity contribution is 5.64. The van der Waals surface area contributed by atoms with Gasteiger partial charge in [-0.05, 0) is 37.6 Å². The van der Waals surface area contributed by atoms with E-state index in [2.05, 4.69) is 5.32 Å². The summed E-state index contributed by atoms with van der Waals surface area (Å²) in [5, 5.41) is 3.19. The van der Waals surface area contributed by atoms with Crippen molar-refractivity contribution in [2.45, 2.75) is 13.3 Å². The number of halogens is 2. The normalized spacial score (nSPS) is 11.9. The van der Waals surface area contributed by atoms with E-state index in [1.165, 1.54) is 12.1 Å². The smallest absolute Gasteiger partial charge is 0.133 e. The maximum Gasteiger partial charge on any atom is 0.133 e. The first-order valence-corrected chi connectivity index (χ1v) is 5.97. The molecule has 0 aliphatic carbocycles. The molecule has 1 aromatic carbocycles. The summed E-state index contributed by atoms with van der Waals surface area (Å²) in [6.45, 7) is 4.11. The number of rotatable bonds is 7. The Morgan fingerprint density at radius 3 is 2.78 bits per heavy atom. The summed E-state index contributed by atoms with van der Waals surface area (Å²) in [6.07, 6.45) is 2.74. The van der Waals surface area contributed by atoms with E-state index in [1.807, 2.05) is 13.0 Å². The van der Waals surface area contributed by atoms with Crippen LogP contribution in [0.4, 0.5) is 8.78 Å². The monoisotopic (exact) mass is 255 g/mol. The molecule has 0 fully saturated rings. The number of methoxy groups -OCH3 is 1. The lowest BCUT2D eigenvalue weighted by Crippen LogP contribution is -2.19. The van der Waals surface area contributed by atoms with Crippen LogP contribution >= 0.6 is 0 Å². The third-order valence-corrected chi connectivity index (χ3v) is 2.61. The summed E-state index contributed by atoms with van der Waals surface area (Å²) in [6, 6.07) is 3.64. The van der Waals surface area contributed by atoms with Crippen molar-refractivity contribution in [3.63, 3.8) is 0 Å². The molecule has 0 unspecified atom stereocenters. The van der Waals surface area contributed by atoms with Gasteiger partial charge in [0.15, 0.2) is 0 Å². The van der Waals surface area contributed by atoms with Crippen LogP contribution in [0.25, 0.3) is 5.57 Å². The van der Waals surface area contributed by atoms with E-state index in [1.54, 1.807) is 7.11 Å². The van der Waals surface area contributed by atoms with Crippen molar-refractivity contribution >= 4 is 5.57 Å². The molecular weight excluding hydrogens is 236 g/mol. The van der Waals surface area contributed by atoms with Gasteiger partial charge >= 0.3 is 0 Å². The van der Waals surface area contributed by atoms with E-state index in [4.69, 9.17) is 4.74 Å². The summed E-state index contributed by atoms with van der Waals surface area (Å²) >= 11 is 0. The maximum absolute atomic E-state index is 13.5. The molecule has 0 spiro atoms. The van der Waals surface area contributed by atoms with Gasteiger partial charge in [-0.15, -0.1) is 0 Å². The molecule has 0 bridgehead atoms. The highest BCUT2D eigenvalue weighted by Crippen LogP contribution is 2.18. The number of benzene rings is 1. The first-order chi connectivity index (χ1) is 8.65. The lowest BCUT2D eigenvalue weighted by molar-refractivity contribution is 0.199. The van der Waals surface area contributed by atoms with E-state index in [0.717, 1.165) is 31.1 Å². The molecular formula is C14H19F2NO. The van der Waals surface area contributed by atoms with Crippen molar-refractivity contribution in [1.82, 2.24) is 5.32 Å². The summed E-state index contributed by atoms with van der Waals surface area (Å²) < 4.78 is 31.1. The Morgan fingerprint density at radius 1 is 1.33 bits per heavy atom. The molecule has 1 N–H and O–H groups in total. The molecule has 2 nitrogen and oxygen atoms in total. The fourth-order valence-electron chi connectivity index (χ4n) is 1.61. The van der Waals surface area contributed by atoms with Gasteiger partial charge < -0.3 is 10.1 Å². The molecule has 1 rings (SSSR count). The van der Waals surface area contributed by atoms with Crippen molar-refractivity contribution in [3.8, 4) is 0 Å². The van der Waals surface area contributed by atoms with Gasteiger partial charge in [0.25, 0.3) is 0 Å². The quantitative estimate of drug-likeness (QED) is 0.756. The zero-order valence-electron chi connectivity index (χ0n) is 10.8. The van der Waals surface area contributed by atoms with Crippen LogP contribution in [0.2, 0.25) is 0 Å². The molecule has 0 atom stereocenters. The molecule has 100 valence electrons. The zero-order chi connectivity index (χ0) is 13.4. The number of hydrogen-bond acceptors (Lipinski definition) is 2. The number of allylic oxidation sites excluding steroid dienone is 1. The minimum Gasteiger partial charge on any atom is -0.383 e. The number of hydrogen-bond donors (Lipinski definition) is 1. The fourth-order valence-corrected chi connectivity index (χ4v) is 1.61. The van der Waals surface area contributed by atoms with E-state index >= 15 is 0 Å². The molecule has 4 heteroatoms. The average Bonchev–Trinajstić information content (AvgIpc) is 2.33. The van der Waals surface area contributed by atoms with E-state index in [-0.39, 0.29) is 0 Å². The molecule has 0 radical (unpaired) electrons. The standard InChI is InChI=1S/C14H19F2NO/c1-11(4-3-7-17-8-9-18-2)13-6-5-12(15)10-14(13)16/h4-6,10,17H,3,7-9H2,1-2H3. The van der Waals surface area contributed by atoms with Crippen LogP contribution < -0.4 is 5.32 Å². The topological polar surface area (TPSA) is 21.3 Å². The van der Waals surface area contributed by atoms with Gasteiger partial charge in [-0.2, -0.15) is 0 Å². The molecule has 0 aliphatic rings. The van der Waals surface area contributed by atoms with Gasteiger partial charge in [0.1, 0.15) is 11.6 Å². The fraction of sp³-hybridized carbons (Fsp3) is 0.429. The number of ether oxygens (including phenoxy) is 1. The lowest BCUT2D eigenvalue weighted by atomic mass is 10.1. The van der Waals surface area contributed by atoms with E-state index in [0.29, 0.717) is 12.2 Å². The summed E-state index contributed by atoms with van der Waals surface area (Å²) in [7, 11) is 1.66. The van der Waals surface area contributed by atoms with Crippen molar-refractivity contribution in [3.05, 3.63) is 41.5 Å². The van der Waals surface area contributed by atoms with Crippen LogP contribution in [0.3, 0.4) is 0 Å². The summed E-state index contributed by atoms with van der Waals surface area (Å²) in [5.41, 5.74) is 1.27. The minimum atomic E-state index is -0.551. The lowest BCUT2D eigenvalue weighted by Gasteiger charge is -2.05. The van der Waals surface area contributed by atoms with Gasteiger partial charge in [-0.1, -0.05) is 6.08 Å². The van der Waals surface area contributed by atoms with Gasteiger partial charge in [0.05, 0.1) is 6.61 Å². The van der Waals surface area contributed by atoms with Crippen molar-refractivity contribution in [2.24, 2.45) is 0 Å². The Bertz CT molecular complexity index is 405. The molecule has 0 saturated carbocycles. The summed E-state index contributed by atoms with van der Waals surface area (Å²) in [4.78, 5) is 0. The Kier molecular flexibility index (Phi) is 6.54. The Morgan fingerprint density at radius 2 is 2.11 bits per heavy atom. The van der Waals surface area contributed by atoms with Crippen molar-refractivity contribution in [2.75, 3.05) is 26.8 Å². The van der Waals surface area contributed by atoms with E-state index < -0.39 is 11.6 Å². The molecule has 18 heavy (non-hydrogen) atoms. The SMILES string of the molecule is COCCNCCC=C(C)c1ccc(F)cc1F. The molecule has 0 heterocycles. The second-order valence-electron chi connectivity index (χ2n) is 4.04. The van der Waals surface area contributed by atoms with Gasteiger partial charge in [0, 0.05) is 25.3 Å². The molecule has 0 aliphatic heterocycles. The van der Waals surface area contributed by atoms with Gasteiger partial charge in [-0.3, -0.25) is 0 Å². The number of nitrogens with one attached hydrogen (secondary N) is 1. The van der Waals surface area contributed by atoms with E-state index in [9.17, 15) is 8.78 Å². The van der Waals surface area contributed by atoms with Crippen LogP contribution in [0.5, 0.6) is 0 Å². The van der Waals surface area contributed by atoms with Gasteiger partial charge in [-0.25, -0.2) is 8.78 Å². The zero-order valence-corrected chi connectivity index (χ0v) is 10.8. The third kappa shape index (κ3) is 4.94. The molecule has 0 saturated heterocycles. The van der Waals surface area contributed by atoms with Gasteiger partial charge in [0.2, 0.25) is 0 Å². The highest BCUT2D eigenvalue weighted by Gasteiger charge is 2.04. The van der Waals surface area contributed by atoms with Crippen LogP contribution in [-0.2, 0) is 4.74 Å². The molecule has 1 aromatic rings. The van der Waals surface area contributed by atoms with Crippen molar-refractivity contribution in [1.29, 1.82) is 0 Å². The predicted molar refractivity (Wildman–Crippen MR) is 69.4 cm³/mol. The molecule has 0 amide bonds. The largest absolute Gasteiger partial charge is 0.383 e. The first kappa shape index (κ1) is 14.8. The van der Waals surface area contributed by atoms with Crippen LogP contribution in [0.1, 0.15) is 18.9 Å². The summed E-state index contributed by atoms with van der Waals surface area (Å²) in [5.74, 6) is -1.07. The van der Waals surface area contributed by atoms with Crippen molar-refractivity contribution < 1.29 is 13.5 Å². The van der Waals surface area contributed by atoms with Crippen LogP contribution in [-0.4, -0.2) is 26.8 Å². The second-order valence-corrected chi connectivity index (χ2v) is 4.04. The molecule has 0 aromatic heterocycles. The van der Waals surface area contributed by atoms with Crippen LogP contribution in [0.15, 0.2) is 24.3 Å².